The zero-order valence-electron chi connectivity index (χ0n) is 19.1. The highest BCUT2D eigenvalue weighted by Crippen LogP contribution is 2.22. The maximum absolute atomic E-state index is 13.2. The van der Waals surface area contributed by atoms with Crippen molar-refractivity contribution in [2.75, 3.05) is 20.2 Å². The van der Waals surface area contributed by atoms with Gasteiger partial charge in [0.25, 0.3) is 0 Å². The van der Waals surface area contributed by atoms with Crippen molar-refractivity contribution < 1.29 is 14.3 Å². The molecule has 31 heavy (non-hydrogen) atoms. The van der Waals surface area contributed by atoms with Crippen molar-refractivity contribution >= 4 is 11.8 Å². The van der Waals surface area contributed by atoms with E-state index in [1.807, 2.05) is 50.7 Å². The Morgan fingerprint density at radius 2 is 2.16 bits per heavy atom. The van der Waals surface area contributed by atoms with Gasteiger partial charge in [0.15, 0.2) is 0 Å². The van der Waals surface area contributed by atoms with Crippen molar-refractivity contribution in [1.82, 2.24) is 24.7 Å². The Morgan fingerprint density at radius 1 is 1.39 bits per heavy atom. The van der Waals surface area contributed by atoms with E-state index in [1.165, 1.54) is 0 Å². The van der Waals surface area contributed by atoms with Crippen LogP contribution in [0.2, 0.25) is 0 Å². The van der Waals surface area contributed by atoms with Crippen molar-refractivity contribution in [3.63, 3.8) is 0 Å². The number of hydrogen-bond donors (Lipinski definition) is 1. The molecule has 8 nitrogen and oxygen atoms in total. The smallest absolute Gasteiger partial charge is 0.237 e. The Bertz CT molecular complexity index is 924. The van der Waals surface area contributed by atoms with Gasteiger partial charge >= 0.3 is 0 Å². The third kappa shape index (κ3) is 5.44. The van der Waals surface area contributed by atoms with Gasteiger partial charge in [-0.1, -0.05) is 12.1 Å². The van der Waals surface area contributed by atoms with Crippen LogP contribution in [0.25, 0.3) is 0 Å². The summed E-state index contributed by atoms with van der Waals surface area (Å²) < 4.78 is 7.26. The van der Waals surface area contributed by atoms with Crippen molar-refractivity contribution in [2.45, 2.75) is 52.4 Å². The summed E-state index contributed by atoms with van der Waals surface area (Å²) in [5, 5.41) is 2.92. The minimum absolute atomic E-state index is 0.00791. The normalized spacial score (nSPS) is 17.0. The number of carbonyl (C=O) groups excluding carboxylic acids is 2. The standard InChI is InChI=1S/C23H33N5O3/c1-16(2)28(15-21-24-8-10-26(21)4)22(29)13-19-23(30)25-9-11-27(19)14-18-6-7-20(31-5)17(3)12-18/h6-8,10,12,16,19H,9,11,13-15H2,1-5H3,(H,25,30). The fourth-order valence-electron chi connectivity index (χ4n) is 3.99. The molecule has 1 aliphatic rings. The van der Waals surface area contributed by atoms with Gasteiger partial charge < -0.3 is 19.5 Å². The summed E-state index contributed by atoms with van der Waals surface area (Å²) in [5.74, 6) is 1.52. The minimum atomic E-state index is -0.494. The van der Waals surface area contributed by atoms with Crippen LogP contribution in [0.5, 0.6) is 5.75 Å². The predicted molar refractivity (Wildman–Crippen MR) is 118 cm³/mol. The van der Waals surface area contributed by atoms with Crippen LogP contribution in [0, 0.1) is 6.92 Å². The van der Waals surface area contributed by atoms with Crippen LogP contribution < -0.4 is 10.1 Å². The highest BCUT2D eigenvalue weighted by atomic mass is 16.5. The van der Waals surface area contributed by atoms with E-state index in [2.05, 4.69) is 21.3 Å². The van der Waals surface area contributed by atoms with Crippen LogP contribution in [0.4, 0.5) is 0 Å². The second-order valence-electron chi connectivity index (χ2n) is 8.36. The van der Waals surface area contributed by atoms with Gasteiger partial charge in [-0.25, -0.2) is 4.98 Å². The molecule has 1 unspecified atom stereocenters. The summed E-state index contributed by atoms with van der Waals surface area (Å²) in [6.07, 6.45) is 3.74. The minimum Gasteiger partial charge on any atom is -0.496 e. The third-order valence-corrected chi connectivity index (χ3v) is 5.83. The Kier molecular flexibility index (Phi) is 7.33. The molecule has 1 fully saturated rings. The van der Waals surface area contributed by atoms with Gasteiger partial charge in [0, 0.05) is 45.1 Å². The van der Waals surface area contributed by atoms with Gasteiger partial charge in [0.1, 0.15) is 11.6 Å². The molecule has 1 aromatic heterocycles. The lowest BCUT2D eigenvalue weighted by atomic mass is 10.0. The maximum atomic E-state index is 13.2. The first-order valence-electron chi connectivity index (χ1n) is 10.7. The molecule has 1 atom stereocenters. The van der Waals surface area contributed by atoms with Gasteiger partial charge in [-0.05, 0) is 38.0 Å². The molecule has 0 saturated carbocycles. The van der Waals surface area contributed by atoms with Crippen molar-refractivity contribution in [3.8, 4) is 5.75 Å². The number of carbonyl (C=O) groups is 2. The van der Waals surface area contributed by atoms with Crippen LogP contribution >= 0.6 is 0 Å². The SMILES string of the molecule is COc1ccc(CN2CCNC(=O)C2CC(=O)N(Cc2nccn2C)C(C)C)cc1C. The topological polar surface area (TPSA) is 79.7 Å². The molecule has 1 N–H and O–H groups in total. The molecule has 1 aromatic carbocycles. The van der Waals surface area contributed by atoms with Gasteiger partial charge in [0.05, 0.1) is 26.1 Å². The number of nitrogens with zero attached hydrogens (tertiary/aromatic N) is 4. The number of piperazine rings is 1. The number of benzene rings is 1. The lowest BCUT2D eigenvalue weighted by Crippen LogP contribution is -2.56. The number of methoxy groups -OCH3 is 1. The van der Waals surface area contributed by atoms with Crippen molar-refractivity contribution in [1.29, 1.82) is 0 Å². The molecule has 168 valence electrons. The Hall–Kier alpha value is -2.87. The maximum Gasteiger partial charge on any atom is 0.237 e. The van der Waals surface area contributed by atoms with E-state index >= 15 is 0 Å². The summed E-state index contributed by atoms with van der Waals surface area (Å²) >= 11 is 0. The summed E-state index contributed by atoms with van der Waals surface area (Å²) in [6, 6.07) is 5.55. The highest BCUT2D eigenvalue weighted by molar-refractivity contribution is 5.89. The number of imidazole rings is 1. The molecule has 0 bridgehead atoms. The lowest BCUT2D eigenvalue weighted by molar-refractivity contribution is -0.140. The van der Waals surface area contributed by atoms with Gasteiger partial charge in [-0.3, -0.25) is 14.5 Å². The van der Waals surface area contributed by atoms with Gasteiger partial charge in [-0.2, -0.15) is 0 Å². The average Bonchev–Trinajstić information content (AvgIpc) is 3.13. The molecule has 3 rings (SSSR count). The van der Waals surface area contributed by atoms with Crippen LogP contribution in [0.15, 0.2) is 30.6 Å². The lowest BCUT2D eigenvalue weighted by Gasteiger charge is -2.36. The van der Waals surface area contributed by atoms with Gasteiger partial charge in [-0.15, -0.1) is 0 Å². The molecule has 2 heterocycles. The summed E-state index contributed by atoms with van der Waals surface area (Å²) in [6.45, 7) is 8.29. The molecule has 0 spiro atoms. The van der Waals surface area contributed by atoms with E-state index in [0.717, 1.165) is 22.7 Å². The van der Waals surface area contributed by atoms with Crippen LogP contribution in [-0.4, -0.2) is 63.4 Å². The highest BCUT2D eigenvalue weighted by Gasteiger charge is 2.33. The number of ether oxygens (including phenoxy) is 1. The number of rotatable bonds is 8. The first-order chi connectivity index (χ1) is 14.8. The Morgan fingerprint density at radius 3 is 2.77 bits per heavy atom. The molecule has 0 radical (unpaired) electrons. The van der Waals surface area contributed by atoms with E-state index in [-0.39, 0.29) is 24.3 Å². The summed E-state index contributed by atoms with van der Waals surface area (Å²) in [4.78, 5) is 34.2. The fourth-order valence-corrected chi connectivity index (χ4v) is 3.99. The van der Waals surface area contributed by atoms with E-state index in [4.69, 9.17) is 4.74 Å². The second-order valence-corrected chi connectivity index (χ2v) is 8.36. The molecule has 2 amide bonds. The molecule has 1 saturated heterocycles. The monoisotopic (exact) mass is 427 g/mol. The largest absolute Gasteiger partial charge is 0.496 e. The molecule has 2 aromatic rings. The Labute approximate surface area is 184 Å². The van der Waals surface area contributed by atoms with E-state index in [1.54, 1.807) is 18.2 Å². The molecule has 0 aliphatic carbocycles. The molecular weight excluding hydrogens is 394 g/mol. The van der Waals surface area contributed by atoms with E-state index in [9.17, 15) is 9.59 Å². The first kappa shape index (κ1) is 22.8. The fraction of sp³-hybridized carbons (Fsp3) is 0.522. The van der Waals surface area contributed by atoms with Crippen LogP contribution in [0.1, 0.15) is 37.2 Å². The third-order valence-electron chi connectivity index (χ3n) is 5.83. The van der Waals surface area contributed by atoms with E-state index in [0.29, 0.717) is 26.2 Å². The number of hydrogen-bond acceptors (Lipinski definition) is 5. The molecule has 1 aliphatic heterocycles. The van der Waals surface area contributed by atoms with Crippen LogP contribution in [-0.2, 0) is 29.7 Å². The zero-order chi connectivity index (χ0) is 22.5. The summed E-state index contributed by atoms with van der Waals surface area (Å²) in [5.41, 5.74) is 2.15. The van der Waals surface area contributed by atoms with Crippen molar-refractivity contribution in [3.05, 3.63) is 47.5 Å². The number of aromatic nitrogens is 2. The number of aryl methyl sites for hydroxylation is 2. The zero-order valence-corrected chi connectivity index (χ0v) is 19.1. The Balaban J connectivity index is 1.74. The van der Waals surface area contributed by atoms with Gasteiger partial charge in [0.2, 0.25) is 11.8 Å². The van der Waals surface area contributed by atoms with E-state index < -0.39 is 6.04 Å². The molecular formula is C23H33N5O3. The molecule has 8 heteroatoms. The number of nitrogens with one attached hydrogen (secondary N) is 1. The first-order valence-corrected chi connectivity index (χ1v) is 10.7. The quantitative estimate of drug-likeness (QED) is 0.696. The van der Waals surface area contributed by atoms with Crippen molar-refractivity contribution in [2.24, 2.45) is 7.05 Å². The number of amides is 2. The average molecular weight is 428 g/mol. The predicted octanol–water partition coefficient (Wildman–Crippen LogP) is 1.86. The second kappa shape index (κ2) is 9.96. The van der Waals surface area contributed by atoms with Crippen LogP contribution in [0.3, 0.4) is 0 Å². The summed E-state index contributed by atoms with van der Waals surface area (Å²) in [7, 11) is 3.57.